The number of benzene rings is 2. The molecular formula is C16H20O6S. The summed E-state index contributed by atoms with van der Waals surface area (Å²) in [6, 6.07) is 16.9. The topological polar surface area (TPSA) is 93.1 Å². The lowest BCUT2D eigenvalue weighted by Gasteiger charge is -2.09. The van der Waals surface area contributed by atoms with Crippen molar-refractivity contribution in [1.82, 2.24) is 0 Å². The van der Waals surface area contributed by atoms with E-state index in [1.165, 1.54) is 0 Å². The molecule has 0 saturated carbocycles. The van der Waals surface area contributed by atoms with E-state index in [0.29, 0.717) is 12.9 Å². The molecule has 0 bridgehead atoms. The van der Waals surface area contributed by atoms with Crippen LogP contribution in [0.3, 0.4) is 0 Å². The van der Waals surface area contributed by atoms with Gasteiger partial charge in [0.1, 0.15) is 23.9 Å². The minimum atomic E-state index is -3.67. The van der Waals surface area contributed by atoms with Crippen LogP contribution in [0.4, 0.5) is 0 Å². The van der Waals surface area contributed by atoms with Crippen LogP contribution in [0.1, 0.15) is 6.92 Å². The van der Waals surface area contributed by atoms with Gasteiger partial charge >= 0.3 is 0 Å². The molecule has 0 radical (unpaired) electrons. The summed E-state index contributed by atoms with van der Waals surface area (Å²) in [5.41, 5.74) is 0. The Kier molecular flexibility index (Phi) is 7.53. The summed E-state index contributed by atoms with van der Waals surface area (Å²) < 4.78 is 36.9. The molecular weight excluding hydrogens is 320 g/mol. The third-order valence-electron chi connectivity index (χ3n) is 2.29. The van der Waals surface area contributed by atoms with Crippen molar-refractivity contribution in [2.24, 2.45) is 0 Å². The van der Waals surface area contributed by atoms with E-state index in [1.807, 2.05) is 54.6 Å². The molecule has 0 fully saturated rings. The number of rotatable bonds is 5. The zero-order valence-corrected chi connectivity index (χ0v) is 13.7. The average Bonchev–Trinajstić information content (AvgIpc) is 2.46. The maximum Gasteiger partial charge on any atom is 0.261 e. The van der Waals surface area contributed by atoms with Crippen LogP contribution in [-0.4, -0.2) is 37.0 Å². The van der Waals surface area contributed by atoms with Gasteiger partial charge in [0, 0.05) is 0 Å². The molecule has 2 aromatic rings. The monoisotopic (exact) mass is 340 g/mol. The summed E-state index contributed by atoms with van der Waals surface area (Å²) >= 11 is 0. The first-order valence-corrected chi connectivity index (χ1v) is 8.65. The predicted molar refractivity (Wildman–Crippen MR) is 87.6 cm³/mol. The second-order valence-corrected chi connectivity index (χ2v) is 6.25. The molecule has 2 aromatic carbocycles. The number of aliphatic hydroxyl groups excluding tert-OH is 1. The van der Waals surface area contributed by atoms with Gasteiger partial charge in [-0.3, -0.25) is 4.55 Å². The fraction of sp³-hybridized carbons (Fsp3) is 0.250. The fourth-order valence-electron chi connectivity index (χ4n) is 1.45. The van der Waals surface area contributed by atoms with Crippen molar-refractivity contribution in [2.75, 3.05) is 12.9 Å². The van der Waals surface area contributed by atoms with Crippen LogP contribution < -0.4 is 9.47 Å². The molecule has 0 aliphatic rings. The van der Waals surface area contributed by atoms with E-state index in [9.17, 15) is 8.42 Å². The van der Waals surface area contributed by atoms with Crippen molar-refractivity contribution in [3.8, 4) is 17.2 Å². The number of aliphatic hydroxyl groups is 1. The minimum Gasteiger partial charge on any atom is -0.491 e. The Morgan fingerprint density at radius 3 is 1.87 bits per heavy atom. The zero-order chi connectivity index (χ0) is 17.3. The Bertz CT molecular complexity index is 657. The molecule has 6 nitrogen and oxygen atoms in total. The van der Waals surface area contributed by atoms with Gasteiger partial charge in [-0.25, -0.2) is 0 Å². The van der Waals surface area contributed by atoms with Gasteiger partial charge in [0.05, 0.1) is 12.4 Å². The second-order valence-electron chi connectivity index (χ2n) is 4.78. The first-order valence-electron chi connectivity index (χ1n) is 6.80. The van der Waals surface area contributed by atoms with Crippen LogP contribution in [0.15, 0.2) is 54.6 Å². The highest BCUT2D eigenvalue weighted by atomic mass is 32.2. The molecule has 0 aliphatic heterocycles. The number of ether oxygens (including phenoxy) is 2. The van der Waals surface area contributed by atoms with Crippen LogP contribution >= 0.6 is 0 Å². The SMILES string of the molecule is CS(=O)(=O)O.C[C@@H](O)COc1ccc(Oc2ccccc2)cc1. The van der Waals surface area contributed by atoms with Gasteiger partial charge < -0.3 is 14.6 Å². The molecule has 23 heavy (non-hydrogen) atoms. The van der Waals surface area contributed by atoms with Gasteiger partial charge in [0.15, 0.2) is 0 Å². The maximum absolute atomic E-state index is 9.19. The fourth-order valence-corrected chi connectivity index (χ4v) is 1.45. The summed E-state index contributed by atoms with van der Waals surface area (Å²) in [6.07, 6.45) is 0.248. The number of hydrogen-bond donors (Lipinski definition) is 2. The standard InChI is InChI=1S/C15H16O3.CH4O3S/c1-12(16)11-17-13-7-9-15(10-8-13)18-14-5-3-2-4-6-14;1-5(2,3)4/h2-10,12,16H,11H2,1H3;1H3,(H,2,3,4)/t12-;/m1./s1. The van der Waals surface area contributed by atoms with Gasteiger partial charge in [0.25, 0.3) is 10.1 Å². The lowest BCUT2D eigenvalue weighted by atomic mass is 10.3. The molecule has 0 amide bonds. The molecule has 0 aromatic heterocycles. The Hall–Kier alpha value is -2.09. The Morgan fingerprint density at radius 1 is 0.957 bits per heavy atom. The van der Waals surface area contributed by atoms with E-state index in [1.54, 1.807) is 6.92 Å². The maximum atomic E-state index is 9.19. The van der Waals surface area contributed by atoms with E-state index in [0.717, 1.165) is 17.2 Å². The second kappa shape index (κ2) is 9.14. The number of para-hydroxylation sites is 1. The van der Waals surface area contributed by atoms with Gasteiger partial charge in [-0.1, -0.05) is 18.2 Å². The molecule has 126 valence electrons. The van der Waals surface area contributed by atoms with E-state index < -0.39 is 16.2 Å². The molecule has 0 saturated heterocycles. The lowest BCUT2D eigenvalue weighted by Crippen LogP contribution is -2.12. The summed E-state index contributed by atoms with van der Waals surface area (Å²) in [5.74, 6) is 2.28. The molecule has 0 aliphatic carbocycles. The Balaban J connectivity index is 0.000000463. The number of hydrogen-bond acceptors (Lipinski definition) is 5. The summed E-state index contributed by atoms with van der Waals surface area (Å²) in [7, 11) is -3.67. The molecule has 0 heterocycles. The third-order valence-corrected chi connectivity index (χ3v) is 2.29. The van der Waals surface area contributed by atoms with Gasteiger partial charge in [-0.05, 0) is 43.3 Å². The van der Waals surface area contributed by atoms with Crippen molar-refractivity contribution >= 4 is 10.1 Å². The molecule has 1 atom stereocenters. The predicted octanol–water partition coefficient (Wildman–Crippen LogP) is 2.74. The van der Waals surface area contributed by atoms with Crippen LogP contribution in [-0.2, 0) is 10.1 Å². The zero-order valence-electron chi connectivity index (χ0n) is 12.9. The van der Waals surface area contributed by atoms with Crippen LogP contribution in [0.25, 0.3) is 0 Å². The van der Waals surface area contributed by atoms with E-state index in [2.05, 4.69) is 0 Å². The van der Waals surface area contributed by atoms with Gasteiger partial charge in [-0.2, -0.15) is 8.42 Å². The summed E-state index contributed by atoms with van der Waals surface area (Å²) in [5, 5.41) is 9.11. The quantitative estimate of drug-likeness (QED) is 0.813. The van der Waals surface area contributed by atoms with Gasteiger partial charge in [0.2, 0.25) is 0 Å². The smallest absolute Gasteiger partial charge is 0.261 e. The van der Waals surface area contributed by atoms with Crippen LogP contribution in [0, 0.1) is 0 Å². The van der Waals surface area contributed by atoms with Crippen molar-refractivity contribution in [3.05, 3.63) is 54.6 Å². The normalized spacial score (nSPS) is 11.8. The van der Waals surface area contributed by atoms with Crippen LogP contribution in [0.5, 0.6) is 17.2 Å². The first kappa shape index (κ1) is 19.0. The van der Waals surface area contributed by atoms with Gasteiger partial charge in [-0.15, -0.1) is 0 Å². The van der Waals surface area contributed by atoms with Crippen molar-refractivity contribution in [2.45, 2.75) is 13.0 Å². The summed E-state index contributed by atoms with van der Waals surface area (Å²) in [4.78, 5) is 0. The highest BCUT2D eigenvalue weighted by Crippen LogP contribution is 2.23. The lowest BCUT2D eigenvalue weighted by molar-refractivity contribution is 0.122. The Labute approximate surface area is 136 Å². The third kappa shape index (κ3) is 10.3. The highest BCUT2D eigenvalue weighted by molar-refractivity contribution is 7.85. The molecule has 7 heteroatoms. The van der Waals surface area contributed by atoms with E-state index in [4.69, 9.17) is 19.1 Å². The van der Waals surface area contributed by atoms with Crippen LogP contribution in [0.2, 0.25) is 0 Å². The average molecular weight is 340 g/mol. The van der Waals surface area contributed by atoms with Crippen molar-refractivity contribution < 1.29 is 27.6 Å². The largest absolute Gasteiger partial charge is 0.491 e. The molecule has 0 unspecified atom stereocenters. The summed E-state index contributed by atoms with van der Waals surface area (Å²) in [6.45, 7) is 1.98. The first-order chi connectivity index (χ1) is 10.7. The van der Waals surface area contributed by atoms with Crippen molar-refractivity contribution in [1.29, 1.82) is 0 Å². The molecule has 2 N–H and O–H groups in total. The molecule has 0 spiro atoms. The Morgan fingerprint density at radius 2 is 1.39 bits per heavy atom. The van der Waals surface area contributed by atoms with E-state index in [-0.39, 0.29) is 0 Å². The minimum absolute atomic E-state index is 0.291. The highest BCUT2D eigenvalue weighted by Gasteiger charge is 2.00. The molecule has 2 rings (SSSR count). The van der Waals surface area contributed by atoms with E-state index >= 15 is 0 Å². The van der Waals surface area contributed by atoms with Crippen molar-refractivity contribution in [3.63, 3.8) is 0 Å².